The predicted molar refractivity (Wildman–Crippen MR) is 114 cm³/mol. The van der Waals surface area contributed by atoms with Crippen molar-refractivity contribution in [3.8, 4) is 0 Å². The van der Waals surface area contributed by atoms with Crippen molar-refractivity contribution in [1.29, 1.82) is 0 Å². The summed E-state index contributed by atoms with van der Waals surface area (Å²) in [5, 5.41) is 0. The first-order chi connectivity index (χ1) is 14.5. The number of hydrogen-bond donors (Lipinski definition) is 0. The lowest BCUT2D eigenvalue weighted by molar-refractivity contribution is 0.301. The van der Waals surface area contributed by atoms with Gasteiger partial charge in [0.15, 0.2) is 17.5 Å². The molecule has 0 bridgehead atoms. The quantitative estimate of drug-likeness (QED) is 0.217. The molecule has 1 saturated carbocycles. The van der Waals surface area contributed by atoms with E-state index in [1.54, 1.807) is 12.1 Å². The summed E-state index contributed by atoms with van der Waals surface area (Å²) < 4.78 is 54.6. The van der Waals surface area contributed by atoms with Gasteiger partial charge in [0.05, 0.1) is 0 Å². The van der Waals surface area contributed by atoms with Crippen LogP contribution in [-0.4, -0.2) is 0 Å². The molecule has 30 heavy (non-hydrogen) atoms. The summed E-state index contributed by atoms with van der Waals surface area (Å²) in [5.41, 5.74) is 1.59. The molecule has 1 aliphatic carbocycles. The topological polar surface area (TPSA) is 0 Å². The Hall–Kier alpha value is -1.84. The zero-order valence-corrected chi connectivity index (χ0v) is 17.8. The van der Waals surface area contributed by atoms with Gasteiger partial charge in [0.2, 0.25) is 0 Å². The molecule has 3 rings (SSSR count). The molecule has 0 nitrogen and oxygen atoms in total. The Balaban J connectivity index is 1.53. The van der Waals surface area contributed by atoms with Crippen LogP contribution in [0.2, 0.25) is 0 Å². The fraction of sp³-hybridized carbons (Fsp3) is 0.538. The van der Waals surface area contributed by atoms with Gasteiger partial charge in [0, 0.05) is 6.42 Å². The number of unbranched alkanes of at least 4 members (excludes halogenated alkanes) is 4. The third-order valence-corrected chi connectivity index (χ3v) is 6.55. The van der Waals surface area contributed by atoms with Crippen LogP contribution >= 0.6 is 0 Å². The van der Waals surface area contributed by atoms with Crippen LogP contribution in [0.5, 0.6) is 0 Å². The smallest absolute Gasteiger partial charge is 0.194 e. The highest BCUT2D eigenvalue weighted by Crippen LogP contribution is 2.38. The lowest BCUT2D eigenvalue weighted by atomic mass is 9.77. The molecule has 164 valence electrons. The Labute approximate surface area is 177 Å². The van der Waals surface area contributed by atoms with Crippen molar-refractivity contribution >= 4 is 0 Å². The van der Waals surface area contributed by atoms with Crippen LogP contribution in [0.25, 0.3) is 0 Å². The van der Waals surface area contributed by atoms with Crippen LogP contribution in [0.1, 0.15) is 93.7 Å². The SMILES string of the molecule is CCCCCCCC1CCC(c2ccc(Cc3cc(F)c(F)c(F)c3)c(F)c2)CC1. The minimum Gasteiger partial charge on any atom is -0.207 e. The van der Waals surface area contributed by atoms with Crippen LogP contribution in [0.15, 0.2) is 30.3 Å². The summed E-state index contributed by atoms with van der Waals surface area (Å²) in [4.78, 5) is 0. The lowest BCUT2D eigenvalue weighted by Gasteiger charge is -2.29. The van der Waals surface area contributed by atoms with Gasteiger partial charge < -0.3 is 0 Å². The van der Waals surface area contributed by atoms with Crippen LogP contribution in [0, 0.1) is 29.2 Å². The monoisotopic (exact) mass is 420 g/mol. The van der Waals surface area contributed by atoms with E-state index in [-0.39, 0.29) is 17.8 Å². The van der Waals surface area contributed by atoms with Gasteiger partial charge in [-0.3, -0.25) is 0 Å². The fourth-order valence-electron chi connectivity index (χ4n) is 4.71. The second-order valence-electron chi connectivity index (χ2n) is 8.82. The first kappa shape index (κ1) is 22.8. The van der Waals surface area contributed by atoms with Crippen molar-refractivity contribution < 1.29 is 17.6 Å². The summed E-state index contributed by atoms with van der Waals surface area (Å²) in [6.45, 7) is 2.24. The minimum atomic E-state index is -1.49. The molecule has 0 heterocycles. The molecule has 0 amide bonds. The molecule has 0 aromatic heterocycles. The molecule has 2 aromatic rings. The largest absolute Gasteiger partial charge is 0.207 e. The summed E-state index contributed by atoms with van der Waals surface area (Å²) in [6, 6.07) is 7.06. The highest BCUT2D eigenvalue weighted by atomic mass is 19.2. The van der Waals surface area contributed by atoms with Crippen molar-refractivity contribution in [1.82, 2.24) is 0 Å². The average molecular weight is 421 g/mol. The summed E-state index contributed by atoms with van der Waals surface area (Å²) in [7, 11) is 0. The molecular formula is C26H32F4. The van der Waals surface area contributed by atoms with E-state index in [2.05, 4.69) is 6.92 Å². The van der Waals surface area contributed by atoms with Gasteiger partial charge in [0.1, 0.15) is 5.82 Å². The zero-order chi connectivity index (χ0) is 21.5. The van der Waals surface area contributed by atoms with E-state index in [0.717, 1.165) is 36.5 Å². The highest BCUT2D eigenvalue weighted by Gasteiger charge is 2.23. The van der Waals surface area contributed by atoms with Crippen molar-refractivity contribution in [2.24, 2.45) is 5.92 Å². The van der Waals surface area contributed by atoms with Crippen LogP contribution in [0.3, 0.4) is 0 Å². The van der Waals surface area contributed by atoms with E-state index < -0.39 is 17.5 Å². The van der Waals surface area contributed by atoms with E-state index in [4.69, 9.17) is 0 Å². The molecule has 0 radical (unpaired) electrons. The first-order valence-corrected chi connectivity index (χ1v) is 11.4. The van der Waals surface area contributed by atoms with Crippen molar-refractivity contribution in [3.63, 3.8) is 0 Å². The molecule has 0 unspecified atom stereocenters. The van der Waals surface area contributed by atoms with Crippen LogP contribution in [0.4, 0.5) is 17.6 Å². The van der Waals surface area contributed by atoms with E-state index in [1.807, 2.05) is 6.07 Å². The standard InChI is InChI=1S/C26H32F4/c1-2-3-4-5-6-7-18-8-10-20(11-9-18)21-12-13-22(23(27)17-21)14-19-15-24(28)26(30)25(29)16-19/h12-13,15-18,20H,2-11,14H2,1H3. The second-order valence-corrected chi connectivity index (χ2v) is 8.82. The van der Waals surface area contributed by atoms with Crippen molar-refractivity contribution in [2.75, 3.05) is 0 Å². The van der Waals surface area contributed by atoms with Crippen molar-refractivity contribution in [3.05, 3.63) is 70.3 Å². The molecule has 2 aromatic carbocycles. The molecule has 0 aliphatic heterocycles. The van der Waals surface area contributed by atoms with Gasteiger partial charge in [-0.1, -0.05) is 57.6 Å². The van der Waals surface area contributed by atoms with E-state index >= 15 is 0 Å². The van der Waals surface area contributed by atoms with Crippen molar-refractivity contribution in [2.45, 2.75) is 83.5 Å². The summed E-state index contributed by atoms with van der Waals surface area (Å²) in [6.07, 6.45) is 12.5. The molecule has 4 heteroatoms. The summed E-state index contributed by atoms with van der Waals surface area (Å²) >= 11 is 0. The third kappa shape index (κ3) is 6.09. The van der Waals surface area contributed by atoms with Crippen LogP contribution in [-0.2, 0) is 6.42 Å². The van der Waals surface area contributed by atoms with Gasteiger partial charge in [-0.2, -0.15) is 0 Å². The number of hydrogen-bond acceptors (Lipinski definition) is 0. The Morgan fingerprint density at radius 3 is 2.07 bits per heavy atom. The fourth-order valence-corrected chi connectivity index (χ4v) is 4.71. The molecule has 0 spiro atoms. The molecular weight excluding hydrogens is 388 g/mol. The summed E-state index contributed by atoms with van der Waals surface area (Å²) in [5.74, 6) is -3.17. The maximum atomic E-state index is 14.7. The van der Waals surface area contributed by atoms with Gasteiger partial charge in [-0.25, -0.2) is 17.6 Å². The maximum absolute atomic E-state index is 14.7. The van der Waals surface area contributed by atoms with E-state index in [1.165, 1.54) is 51.4 Å². The third-order valence-electron chi connectivity index (χ3n) is 6.55. The van der Waals surface area contributed by atoms with Gasteiger partial charge in [0.25, 0.3) is 0 Å². The maximum Gasteiger partial charge on any atom is 0.194 e. The molecule has 0 atom stereocenters. The molecule has 1 aliphatic rings. The minimum absolute atomic E-state index is 0.0327. The lowest BCUT2D eigenvalue weighted by Crippen LogP contribution is -2.13. The van der Waals surface area contributed by atoms with Gasteiger partial charge in [-0.15, -0.1) is 0 Å². The van der Waals surface area contributed by atoms with Gasteiger partial charge >= 0.3 is 0 Å². The second kappa shape index (κ2) is 11.0. The molecule has 0 saturated heterocycles. The van der Waals surface area contributed by atoms with Crippen LogP contribution < -0.4 is 0 Å². The molecule has 1 fully saturated rings. The Morgan fingerprint density at radius 1 is 0.767 bits per heavy atom. The first-order valence-electron chi connectivity index (χ1n) is 11.4. The Bertz CT molecular complexity index is 799. The van der Waals surface area contributed by atoms with Gasteiger partial charge in [-0.05, 0) is 72.4 Å². The predicted octanol–water partition coefficient (Wildman–Crippen LogP) is 8.47. The highest BCUT2D eigenvalue weighted by molar-refractivity contribution is 5.32. The number of benzene rings is 2. The average Bonchev–Trinajstić information content (AvgIpc) is 2.74. The normalized spacial score (nSPS) is 19.2. The van der Waals surface area contributed by atoms with E-state index in [9.17, 15) is 17.6 Å². The molecule has 0 N–H and O–H groups in total. The zero-order valence-electron chi connectivity index (χ0n) is 17.8. The Kier molecular flexibility index (Phi) is 8.35. The number of halogens is 4. The number of rotatable bonds is 9. The Morgan fingerprint density at radius 2 is 1.43 bits per heavy atom. The van der Waals surface area contributed by atoms with E-state index in [0.29, 0.717) is 11.5 Å².